The van der Waals surface area contributed by atoms with Crippen molar-refractivity contribution in [2.24, 2.45) is 0 Å². The van der Waals surface area contributed by atoms with E-state index in [1.165, 1.54) is 0 Å². The molecule has 1 aromatic carbocycles. The van der Waals surface area contributed by atoms with Gasteiger partial charge in [0.25, 0.3) is 5.88 Å². The summed E-state index contributed by atoms with van der Waals surface area (Å²) in [6, 6.07) is 7.68. The van der Waals surface area contributed by atoms with Crippen LogP contribution in [-0.4, -0.2) is 4.98 Å². The lowest BCUT2D eigenvalue weighted by atomic mass is 10.2. The number of nitrogens with two attached hydrogens (primary N) is 1. The molecule has 1 heterocycles. The van der Waals surface area contributed by atoms with Gasteiger partial charge in [0.1, 0.15) is 5.75 Å². The topological polar surface area (TPSA) is 48.1 Å². The average Bonchev–Trinajstić information content (AvgIpc) is 2.29. The number of benzene rings is 1. The van der Waals surface area contributed by atoms with Crippen LogP contribution in [0.15, 0.2) is 30.3 Å². The van der Waals surface area contributed by atoms with Gasteiger partial charge in [-0.2, -0.15) is 4.98 Å². The molecule has 0 aliphatic rings. The normalized spacial score (nSPS) is 10.3. The Morgan fingerprint density at radius 1 is 1.18 bits per heavy atom. The summed E-state index contributed by atoms with van der Waals surface area (Å²) < 4.78 is 31.5. The number of hydrogen-bond acceptors (Lipinski definition) is 3. The van der Waals surface area contributed by atoms with Crippen molar-refractivity contribution in [2.75, 3.05) is 5.73 Å². The van der Waals surface area contributed by atoms with Crippen LogP contribution in [0.1, 0.15) is 5.56 Å². The van der Waals surface area contributed by atoms with E-state index in [2.05, 4.69) is 4.98 Å². The molecule has 2 rings (SSSR count). The maximum Gasteiger partial charge on any atom is 0.258 e. The predicted molar refractivity (Wildman–Crippen MR) is 59.8 cm³/mol. The van der Waals surface area contributed by atoms with Crippen molar-refractivity contribution in [2.45, 2.75) is 6.92 Å². The highest BCUT2D eigenvalue weighted by molar-refractivity contribution is 5.39. The number of aryl methyl sites for hydroxylation is 1. The van der Waals surface area contributed by atoms with Gasteiger partial charge in [-0.05, 0) is 18.6 Å². The third-order valence-electron chi connectivity index (χ3n) is 2.22. The second kappa shape index (κ2) is 4.37. The lowest BCUT2D eigenvalue weighted by molar-refractivity contribution is 0.416. The lowest BCUT2D eigenvalue weighted by Crippen LogP contribution is -2.00. The van der Waals surface area contributed by atoms with Crippen LogP contribution in [-0.2, 0) is 0 Å². The van der Waals surface area contributed by atoms with E-state index in [1.54, 1.807) is 25.1 Å². The van der Waals surface area contributed by atoms with Crippen molar-refractivity contribution in [1.29, 1.82) is 0 Å². The number of halogens is 2. The van der Waals surface area contributed by atoms with E-state index in [4.69, 9.17) is 10.5 Å². The largest absolute Gasteiger partial charge is 0.436 e. The van der Waals surface area contributed by atoms with Crippen LogP contribution < -0.4 is 10.5 Å². The minimum Gasteiger partial charge on any atom is -0.436 e. The molecule has 0 aliphatic heterocycles. The number of aromatic nitrogens is 1. The molecule has 0 radical (unpaired) electrons. The zero-order valence-corrected chi connectivity index (χ0v) is 9.08. The Labute approximate surface area is 96.9 Å². The Hall–Kier alpha value is -2.17. The minimum atomic E-state index is -0.903. The van der Waals surface area contributed by atoms with Gasteiger partial charge in [0.05, 0.1) is 0 Å². The van der Waals surface area contributed by atoms with E-state index in [-0.39, 0.29) is 5.88 Å². The molecule has 0 saturated heterocycles. The van der Waals surface area contributed by atoms with Crippen LogP contribution in [0.2, 0.25) is 0 Å². The molecule has 0 fully saturated rings. The Morgan fingerprint density at radius 3 is 2.59 bits per heavy atom. The first-order valence-electron chi connectivity index (χ1n) is 4.93. The smallest absolute Gasteiger partial charge is 0.258 e. The number of hydrogen-bond donors (Lipinski definition) is 1. The maximum atomic E-state index is 13.4. The van der Waals surface area contributed by atoms with Crippen molar-refractivity contribution < 1.29 is 13.5 Å². The van der Waals surface area contributed by atoms with Gasteiger partial charge in [0.2, 0.25) is 0 Å². The SMILES string of the molecule is Cc1ccccc1Oc1nc(N)c(F)cc1F. The number of rotatable bonds is 2. The highest BCUT2D eigenvalue weighted by Gasteiger charge is 2.12. The van der Waals surface area contributed by atoms with Crippen LogP contribution in [0.4, 0.5) is 14.6 Å². The van der Waals surface area contributed by atoms with Gasteiger partial charge in [-0.15, -0.1) is 0 Å². The van der Waals surface area contributed by atoms with E-state index in [1.807, 2.05) is 6.07 Å². The molecule has 0 aliphatic carbocycles. The molecule has 0 unspecified atom stereocenters. The summed E-state index contributed by atoms with van der Waals surface area (Å²) in [7, 11) is 0. The number of pyridine rings is 1. The first kappa shape index (κ1) is 11.3. The minimum absolute atomic E-state index is 0.335. The third-order valence-corrected chi connectivity index (χ3v) is 2.22. The van der Waals surface area contributed by atoms with Gasteiger partial charge >= 0.3 is 0 Å². The molecule has 88 valence electrons. The molecule has 17 heavy (non-hydrogen) atoms. The highest BCUT2D eigenvalue weighted by Crippen LogP contribution is 2.26. The Morgan fingerprint density at radius 2 is 1.88 bits per heavy atom. The molecule has 0 saturated carbocycles. The monoisotopic (exact) mass is 236 g/mol. The fourth-order valence-electron chi connectivity index (χ4n) is 1.31. The van der Waals surface area contributed by atoms with Crippen LogP contribution in [0.5, 0.6) is 11.6 Å². The van der Waals surface area contributed by atoms with E-state index in [0.717, 1.165) is 5.56 Å². The number of nitrogen functional groups attached to an aromatic ring is 1. The summed E-state index contributed by atoms with van der Waals surface area (Å²) in [5, 5.41) is 0. The Balaban J connectivity index is 2.37. The zero-order chi connectivity index (χ0) is 12.4. The second-order valence-corrected chi connectivity index (χ2v) is 3.51. The van der Waals surface area contributed by atoms with Gasteiger partial charge in [0, 0.05) is 6.07 Å². The van der Waals surface area contributed by atoms with Crippen LogP contribution in [0.25, 0.3) is 0 Å². The van der Waals surface area contributed by atoms with Crippen LogP contribution in [0.3, 0.4) is 0 Å². The van der Waals surface area contributed by atoms with Crippen LogP contribution >= 0.6 is 0 Å². The first-order valence-corrected chi connectivity index (χ1v) is 4.93. The lowest BCUT2D eigenvalue weighted by Gasteiger charge is -2.08. The molecule has 0 atom stereocenters. The molecular formula is C12H10F2N2O. The number of anilines is 1. The van der Waals surface area contributed by atoms with Crippen LogP contribution in [0, 0.1) is 18.6 Å². The molecule has 2 aromatic rings. The molecular weight excluding hydrogens is 226 g/mol. The van der Waals surface area contributed by atoms with Crippen molar-refractivity contribution in [3.05, 3.63) is 47.5 Å². The Kier molecular flexibility index (Phi) is 2.91. The first-order chi connectivity index (χ1) is 8.08. The second-order valence-electron chi connectivity index (χ2n) is 3.51. The van der Waals surface area contributed by atoms with Gasteiger partial charge in [-0.25, -0.2) is 8.78 Å². The number of ether oxygens (including phenoxy) is 1. The van der Waals surface area contributed by atoms with Crippen molar-refractivity contribution >= 4 is 5.82 Å². The number of para-hydroxylation sites is 1. The summed E-state index contributed by atoms with van der Waals surface area (Å²) in [6.45, 7) is 1.81. The molecule has 5 heteroatoms. The van der Waals surface area contributed by atoms with Crippen molar-refractivity contribution in [3.63, 3.8) is 0 Å². The van der Waals surface area contributed by atoms with E-state index in [0.29, 0.717) is 11.8 Å². The quantitative estimate of drug-likeness (QED) is 0.871. The number of nitrogens with zero attached hydrogens (tertiary/aromatic N) is 1. The van der Waals surface area contributed by atoms with E-state index < -0.39 is 17.5 Å². The van der Waals surface area contributed by atoms with Gasteiger partial charge in [0.15, 0.2) is 17.5 Å². The fourth-order valence-corrected chi connectivity index (χ4v) is 1.31. The predicted octanol–water partition coefficient (Wildman–Crippen LogP) is 3.04. The van der Waals surface area contributed by atoms with Crippen molar-refractivity contribution in [1.82, 2.24) is 4.98 Å². The summed E-state index contributed by atoms with van der Waals surface area (Å²) in [5.74, 6) is -2.07. The van der Waals surface area contributed by atoms with Gasteiger partial charge in [-0.3, -0.25) is 0 Å². The fraction of sp³-hybridized carbons (Fsp3) is 0.0833. The average molecular weight is 236 g/mol. The zero-order valence-electron chi connectivity index (χ0n) is 9.08. The molecule has 0 amide bonds. The maximum absolute atomic E-state index is 13.4. The standard InChI is InChI=1S/C12H10F2N2O/c1-7-4-2-3-5-10(7)17-12-9(14)6-8(13)11(15)16-12/h2-6H,1H3,(H2,15,16). The molecule has 2 N–H and O–H groups in total. The highest BCUT2D eigenvalue weighted by atomic mass is 19.1. The Bertz CT molecular complexity index is 558. The van der Waals surface area contributed by atoms with Gasteiger partial charge < -0.3 is 10.5 Å². The summed E-state index contributed by atoms with van der Waals surface area (Å²) in [6.07, 6.45) is 0. The molecule has 0 spiro atoms. The van der Waals surface area contributed by atoms with E-state index in [9.17, 15) is 8.78 Å². The third kappa shape index (κ3) is 2.33. The molecule has 3 nitrogen and oxygen atoms in total. The summed E-state index contributed by atoms with van der Waals surface area (Å²) >= 11 is 0. The summed E-state index contributed by atoms with van der Waals surface area (Å²) in [4.78, 5) is 3.51. The molecule has 0 bridgehead atoms. The van der Waals surface area contributed by atoms with E-state index >= 15 is 0 Å². The van der Waals surface area contributed by atoms with Gasteiger partial charge in [-0.1, -0.05) is 18.2 Å². The molecule has 1 aromatic heterocycles. The van der Waals surface area contributed by atoms with Crippen molar-refractivity contribution in [3.8, 4) is 11.6 Å². The summed E-state index contributed by atoms with van der Waals surface area (Å²) in [5.41, 5.74) is 6.06.